The Morgan fingerprint density at radius 2 is 1.83 bits per heavy atom. The molecule has 0 aliphatic heterocycles. The molecule has 0 aromatic heterocycles. The third-order valence-corrected chi connectivity index (χ3v) is 8.32. The SMILES string of the molecule is CCCC[C@H]1[C@H]2C[C@H]3[C@@H](C)[C@@](C)(CC)CC14C2[C@@H]34. The van der Waals surface area contributed by atoms with E-state index < -0.39 is 0 Å². The van der Waals surface area contributed by atoms with E-state index in [1.54, 1.807) is 19.3 Å². The molecule has 0 heteroatoms. The van der Waals surface area contributed by atoms with E-state index in [2.05, 4.69) is 27.7 Å². The Balaban J connectivity index is 1.61. The van der Waals surface area contributed by atoms with Crippen LogP contribution in [0.15, 0.2) is 0 Å². The molecule has 4 fully saturated rings. The van der Waals surface area contributed by atoms with Crippen LogP contribution < -0.4 is 0 Å². The van der Waals surface area contributed by atoms with E-state index >= 15 is 0 Å². The molecule has 8 atom stereocenters. The standard InChI is InChI=1S/C18H30/c1-5-7-8-14-13-9-12-11(3)17(4,6-2)10-18(14)15(12)16(13)18/h11-16H,5-10H2,1-4H3/t11-,12+,13-,14+,15-,16?,17+,18?/m1/s1. The van der Waals surface area contributed by atoms with Crippen LogP contribution in [-0.2, 0) is 0 Å². The highest BCUT2D eigenvalue weighted by Gasteiger charge is 2.87. The molecule has 4 saturated carbocycles. The highest BCUT2D eigenvalue weighted by Crippen LogP contribution is 2.92. The number of hydrogen-bond acceptors (Lipinski definition) is 0. The molecule has 0 saturated heterocycles. The fourth-order valence-electron chi connectivity index (χ4n) is 7.26. The van der Waals surface area contributed by atoms with Gasteiger partial charge in [-0.2, -0.15) is 0 Å². The highest BCUT2D eigenvalue weighted by molar-refractivity contribution is 5.34. The quantitative estimate of drug-likeness (QED) is 0.645. The van der Waals surface area contributed by atoms with E-state index in [1.807, 2.05) is 0 Å². The van der Waals surface area contributed by atoms with Crippen molar-refractivity contribution in [2.24, 2.45) is 46.3 Å². The van der Waals surface area contributed by atoms with Crippen LogP contribution in [0.2, 0.25) is 0 Å². The van der Waals surface area contributed by atoms with Crippen LogP contribution in [0.1, 0.15) is 66.2 Å². The summed E-state index contributed by atoms with van der Waals surface area (Å²) in [5.41, 5.74) is 1.56. The maximum Gasteiger partial charge on any atom is -0.0193 e. The average molecular weight is 246 g/mol. The van der Waals surface area contributed by atoms with E-state index in [4.69, 9.17) is 0 Å². The summed E-state index contributed by atoms with van der Waals surface area (Å²) in [6.45, 7) is 10.0. The molecule has 102 valence electrons. The first-order chi connectivity index (χ1) is 8.60. The first-order valence-electron chi connectivity index (χ1n) is 8.60. The minimum atomic E-state index is 0.672. The maximum atomic E-state index is 2.61. The van der Waals surface area contributed by atoms with Crippen LogP contribution in [0.5, 0.6) is 0 Å². The van der Waals surface area contributed by atoms with Gasteiger partial charge in [0, 0.05) is 0 Å². The zero-order valence-electron chi connectivity index (χ0n) is 12.7. The summed E-state index contributed by atoms with van der Waals surface area (Å²) in [5.74, 6) is 6.86. The lowest BCUT2D eigenvalue weighted by atomic mass is 9.47. The van der Waals surface area contributed by atoms with Crippen LogP contribution in [0, 0.1) is 46.3 Å². The predicted octanol–water partition coefficient (Wildman–Crippen LogP) is 5.13. The number of hydrogen-bond donors (Lipinski definition) is 0. The minimum Gasteiger partial charge on any atom is -0.0654 e. The summed E-state index contributed by atoms with van der Waals surface area (Å²) in [4.78, 5) is 0. The van der Waals surface area contributed by atoms with Crippen molar-refractivity contribution in [1.29, 1.82) is 0 Å². The summed E-state index contributed by atoms with van der Waals surface area (Å²) in [6.07, 6.45) is 9.08. The van der Waals surface area contributed by atoms with Gasteiger partial charge in [0.1, 0.15) is 0 Å². The summed E-state index contributed by atoms with van der Waals surface area (Å²) in [6, 6.07) is 0. The average Bonchev–Trinajstić information content (AvgIpc) is 2.76. The van der Waals surface area contributed by atoms with Crippen molar-refractivity contribution >= 4 is 0 Å². The lowest BCUT2D eigenvalue weighted by Gasteiger charge is -2.58. The number of rotatable bonds is 4. The number of unbranched alkanes of at least 4 members (excludes halogenated alkanes) is 1. The van der Waals surface area contributed by atoms with Crippen LogP contribution in [0.3, 0.4) is 0 Å². The second-order valence-corrected chi connectivity index (χ2v) is 8.45. The van der Waals surface area contributed by atoms with Gasteiger partial charge in [-0.15, -0.1) is 0 Å². The molecule has 0 amide bonds. The minimum absolute atomic E-state index is 0.672. The molecular weight excluding hydrogens is 216 g/mol. The van der Waals surface area contributed by atoms with Gasteiger partial charge < -0.3 is 0 Å². The molecule has 0 heterocycles. The van der Waals surface area contributed by atoms with E-state index in [1.165, 1.54) is 37.0 Å². The van der Waals surface area contributed by atoms with Gasteiger partial charge in [0.2, 0.25) is 0 Å². The Kier molecular flexibility index (Phi) is 2.20. The van der Waals surface area contributed by atoms with Gasteiger partial charge in [-0.1, -0.05) is 47.0 Å². The van der Waals surface area contributed by atoms with E-state index in [-0.39, 0.29) is 0 Å². The normalized spacial score (nSPS) is 63.3. The molecule has 0 bridgehead atoms. The molecule has 0 aromatic carbocycles. The van der Waals surface area contributed by atoms with Crippen molar-refractivity contribution in [3.8, 4) is 0 Å². The third kappa shape index (κ3) is 1.03. The zero-order chi connectivity index (χ0) is 12.7. The van der Waals surface area contributed by atoms with Gasteiger partial charge in [0.25, 0.3) is 0 Å². The summed E-state index contributed by atoms with van der Waals surface area (Å²) < 4.78 is 0. The summed E-state index contributed by atoms with van der Waals surface area (Å²) >= 11 is 0. The zero-order valence-corrected chi connectivity index (χ0v) is 12.7. The molecule has 4 rings (SSSR count). The van der Waals surface area contributed by atoms with E-state index in [0.29, 0.717) is 5.41 Å². The molecule has 4 aliphatic carbocycles. The molecule has 0 nitrogen and oxygen atoms in total. The second kappa shape index (κ2) is 3.36. The lowest BCUT2D eigenvalue weighted by molar-refractivity contribution is -0.0956. The van der Waals surface area contributed by atoms with Gasteiger partial charge >= 0.3 is 0 Å². The monoisotopic (exact) mass is 246 g/mol. The van der Waals surface area contributed by atoms with Gasteiger partial charge in [0.15, 0.2) is 0 Å². The molecule has 0 radical (unpaired) electrons. The van der Waals surface area contributed by atoms with Gasteiger partial charge in [-0.25, -0.2) is 0 Å². The summed E-state index contributed by atoms with van der Waals surface area (Å²) in [5, 5.41) is 0. The predicted molar refractivity (Wildman–Crippen MR) is 76.2 cm³/mol. The molecule has 1 spiro atoms. The topological polar surface area (TPSA) is 0 Å². The first-order valence-corrected chi connectivity index (χ1v) is 8.60. The molecule has 0 N–H and O–H groups in total. The summed E-state index contributed by atoms with van der Waals surface area (Å²) in [7, 11) is 0. The van der Waals surface area contributed by atoms with Gasteiger partial charge in [-0.3, -0.25) is 0 Å². The molecule has 4 aliphatic rings. The van der Waals surface area contributed by atoms with Crippen molar-refractivity contribution in [3.63, 3.8) is 0 Å². The van der Waals surface area contributed by atoms with Gasteiger partial charge in [0.05, 0.1) is 0 Å². The molecule has 2 unspecified atom stereocenters. The fraction of sp³-hybridized carbons (Fsp3) is 1.00. The van der Waals surface area contributed by atoms with Crippen molar-refractivity contribution < 1.29 is 0 Å². The second-order valence-electron chi connectivity index (χ2n) is 8.45. The van der Waals surface area contributed by atoms with E-state index in [9.17, 15) is 0 Å². The smallest absolute Gasteiger partial charge is 0.0193 e. The Hall–Kier alpha value is 0. The Labute approximate surface area is 113 Å². The van der Waals surface area contributed by atoms with E-state index in [0.717, 1.165) is 23.2 Å². The van der Waals surface area contributed by atoms with Crippen molar-refractivity contribution in [2.75, 3.05) is 0 Å². The molecular formula is C18H30. The van der Waals surface area contributed by atoms with Crippen LogP contribution in [0.25, 0.3) is 0 Å². The Bertz CT molecular complexity index is 372. The third-order valence-electron chi connectivity index (χ3n) is 8.32. The fourth-order valence-corrected chi connectivity index (χ4v) is 7.26. The van der Waals surface area contributed by atoms with Gasteiger partial charge in [-0.05, 0) is 65.6 Å². The Morgan fingerprint density at radius 1 is 1.11 bits per heavy atom. The lowest BCUT2D eigenvalue weighted by Crippen LogP contribution is -2.51. The van der Waals surface area contributed by atoms with Crippen molar-refractivity contribution in [2.45, 2.75) is 66.2 Å². The van der Waals surface area contributed by atoms with Crippen molar-refractivity contribution in [3.05, 3.63) is 0 Å². The Morgan fingerprint density at radius 3 is 2.50 bits per heavy atom. The van der Waals surface area contributed by atoms with Crippen molar-refractivity contribution in [1.82, 2.24) is 0 Å². The van der Waals surface area contributed by atoms with Crippen LogP contribution in [0.4, 0.5) is 0 Å². The largest absolute Gasteiger partial charge is 0.0654 e. The van der Waals surface area contributed by atoms with Crippen LogP contribution in [-0.4, -0.2) is 0 Å². The maximum absolute atomic E-state index is 2.61. The molecule has 18 heavy (non-hydrogen) atoms. The first kappa shape index (κ1) is 11.8. The van der Waals surface area contributed by atoms with Crippen LogP contribution >= 0.6 is 0 Å². The molecule has 0 aromatic rings. The highest BCUT2D eigenvalue weighted by atomic mass is 14.9.